The number of hydrogen-bond donors (Lipinski definition) is 2. The molecule has 0 aliphatic carbocycles. The average Bonchev–Trinajstić information content (AvgIpc) is 2.80. The molecule has 124 valence electrons. The second-order valence-corrected chi connectivity index (χ2v) is 7.44. The Bertz CT molecular complexity index is 815. The third-order valence-electron chi connectivity index (χ3n) is 2.71. The average molecular weight is 355 g/mol. The number of sulfonamides is 1. The number of rotatable bonds is 6. The zero-order valence-electron chi connectivity index (χ0n) is 12.9. The van der Waals surface area contributed by atoms with Gasteiger partial charge in [-0.1, -0.05) is 23.5 Å². The Balaban J connectivity index is 2.22. The SMILES string of the molecule is CCOc1ccccc1NC(=O)c1sc(NS(C)(=O)=O)nc1C. The number of ether oxygens (including phenoxy) is 1. The van der Waals surface area contributed by atoms with E-state index < -0.39 is 10.0 Å². The van der Waals surface area contributed by atoms with Crippen molar-refractivity contribution >= 4 is 38.1 Å². The lowest BCUT2D eigenvalue weighted by molar-refractivity contribution is 0.102. The van der Waals surface area contributed by atoms with Crippen molar-refractivity contribution in [2.45, 2.75) is 13.8 Å². The van der Waals surface area contributed by atoms with Gasteiger partial charge in [-0.05, 0) is 26.0 Å². The molecule has 0 atom stereocenters. The van der Waals surface area contributed by atoms with Crippen LogP contribution < -0.4 is 14.8 Å². The fourth-order valence-corrected chi connectivity index (χ4v) is 3.54. The van der Waals surface area contributed by atoms with Gasteiger partial charge in [0, 0.05) is 0 Å². The molecule has 0 spiro atoms. The minimum Gasteiger partial charge on any atom is -0.492 e. The smallest absolute Gasteiger partial charge is 0.267 e. The molecule has 7 nitrogen and oxygen atoms in total. The van der Waals surface area contributed by atoms with Crippen LogP contribution in [0.3, 0.4) is 0 Å². The maximum Gasteiger partial charge on any atom is 0.267 e. The van der Waals surface area contributed by atoms with Crippen LogP contribution in [0.25, 0.3) is 0 Å². The molecule has 1 amide bonds. The lowest BCUT2D eigenvalue weighted by Gasteiger charge is -2.10. The summed E-state index contributed by atoms with van der Waals surface area (Å²) >= 11 is 0.979. The summed E-state index contributed by atoms with van der Waals surface area (Å²) in [6, 6.07) is 7.09. The van der Waals surface area contributed by atoms with Crippen LogP contribution in [0.2, 0.25) is 0 Å². The first-order valence-electron chi connectivity index (χ1n) is 6.78. The molecule has 2 aromatic rings. The molecule has 1 aromatic carbocycles. The second-order valence-electron chi connectivity index (χ2n) is 4.69. The van der Waals surface area contributed by atoms with Gasteiger partial charge < -0.3 is 10.1 Å². The summed E-state index contributed by atoms with van der Waals surface area (Å²) in [6.07, 6.45) is 1.03. The zero-order chi connectivity index (χ0) is 17.0. The number of hydrogen-bond acceptors (Lipinski definition) is 6. The van der Waals surface area contributed by atoms with E-state index in [1.54, 1.807) is 25.1 Å². The molecule has 1 aromatic heterocycles. The van der Waals surface area contributed by atoms with Crippen LogP contribution in [0.15, 0.2) is 24.3 Å². The molecule has 0 saturated heterocycles. The van der Waals surface area contributed by atoms with E-state index in [0.717, 1.165) is 17.6 Å². The first-order valence-corrected chi connectivity index (χ1v) is 9.49. The number of carbonyl (C=O) groups excluding carboxylic acids is 1. The lowest BCUT2D eigenvalue weighted by atomic mass is 10.2. The van der Waals surface area contributed by atoms with Gasteiger partial charge in [-0.15, -0.1) is 0 Å². The van der Waals surface area contributed by atoms with E-state index >= 15 is 0 Å². The molecular formula is C14H17N3O4S2. The molecule has 1 heterocycles. The number of amides is 1. The van der Waals surface area contributed by atoms with Crippen LogP contribution in [-0.2, 0) is 10.0 Å². The highest BCUT2D eigenvalue weighted by molar-refractivity contribution is 7.92. The summed E-state index contributed by atoms with van der Waals surface area (Å²) in [5.74, 6) is 0.203. The Kier molecular flexibility index (Phi) is 5.22. The number of carbonyl (C=O) groups is 1. The van der Waals surface area contributed by atoms with Crippen LogP contribution in [0.4, 0.5) is 10.8 Å². The molecule has 0 radical (unpaired) electrons. The molecule has 9 heteroatoms. The monoisotopic (exact) mass is 355 g/mol. The number of anilines is 2. The number of aryl methyl sites for hydroxylation is 1. The van der Waals surface area contributed by atoms with Gasteiger partial charge in [0.15, 0.2) is 5.13 Å². The molecule has 23 heavy (non-hydrogen) atoms. The van der Waals surface area contributed by atoms with Crippen molar-refractivity contribution in [3.05, 3.63) is 34.8 Å². The molecule has 0 bridgehead atoms. The minimum atomic E-state index is -3.43. The Morgan fingerprint density at radius 2 is 2.04 bits per heavy atom. The van der Waals surface area contributed by atoms with Crippen molar-refractivity contribution in [3.63, 3.8) is 0 Å². The van der Waals surface area contributed by atoms with Crippen LogP contribution in [0, 0.1) is 6.92 Å². The quantitative estimate of drug-likeness (QED) is 0.829. The van der Waals surface area contributed by atoms with Crippen LogP contribution in [0.5, 0.6) is 5.75 Å². The maximum absolute atomic E-state index is 12.4. The van der Waals surface area contributed by atoms with Gasteiger partial charge in [0.2, 0.25) is 10.0 Å². The van der Waals surface area contributed by atoms with E-state index in [1.165, 1.54) is 0 Å². The fourth-order valence-electron chi connectivity index (χ4n) is 1.84. The first kappa shape index (κ1) is 17.2. The lowest BCUT2D eigenvalue weighted by Crippen LogP contribution is -2.12. The number of nitrogens with one attached hydrogen (secondary N) is 2. The number of nitrogens with zero attached hydrogens (tertiary/aromatic N) is 1. The van der Waals surface area contributed by atoms with Gasteiger partial charge in [-0.3, -0.25) is 9.52 Å². The molecule has 0 saturated carbocycles. The summed E-state index contributed by atoms with van der Waals surface area (Å²) in [4.78, 5) is 16.8. The molecule has 0 unspecified atom stereocenters. The molecule has 0 aliphatic rings. The Morgan fingerprint density at radius 1 is 1.35 bits per heavy atom. The Hall–Kier alpha value is -2.13. The van der Waals surface area contributed by atoms with Crippen LogP contribution >= 0.6 is 11.3 Å². The highest BCUT2D eigenvalue weighted by Crippen LogP contribution is 2.27. The summed E-state index contributed by atoms with van der Waals surface area (Å²) in [5, 5.41) is 2.92. The fraction of sp³-hybridized carbons (Fsp3) is 0.286. The normalized spacial score (nSPS) is 11.1. The zero-order valence-corrected chi connectivity index (χ0v) is 14.5. The van der Waals surface area contributed by atoms with Crippen molar-refractivity contribution in [1.29, 1.82) is 0 Å². The van der Waals surface area contributed by atoms with Gasteiger partial charge in [0.1, 0.15) is 10.6 Å². The predicted octanol–water partition coefficient (Wildman–Crippen LogP) is 2.47. The van der Waals surface area contributed by atoms with Gasteiger partial charge in [0.25, 0.3) is 5.91 Å². The number of aromatic nitrogens is 1. The minimum absolute atomic E-state index is 0.160. The maximum atomic E-state index is 12.4. The van der Waals surface area contributed by atoms with Gasteiger partial charge in [-0.2, -0.15) is 0 Å². The third-order valence-corrected chi connectivity index (χ3v) is 4.48. The van der Waals surface area contributed by atoms with Crippen molar-refractivity contribution in [3.8, 4) is 5.75 Å². The van der Waals surface area contributed by atoms with E-state index in [-0.39, 0.29) is 11.0 Å². The largest absolute Gasteiger partial charge is 0.492 e. The highest BCUT2D eigenvalue weighted by Gasteiger charge is 2.18. The van der Waals surface area contributed by atoms with E-state index in [4.69, 9.17) is 4.74 Å². The summed E-state index contributed by atoms with van der Waals surface area (Å²) < 4.78 is 30.2. The second kappa shape index (κ2) is 6.97. The van der Waals surface area contributed by atoms with Crippen LogP contribution in [0.1, 0.15) is 22.3 Å². The van der Waals surface area contributed by atoms with E-state index in [9.17, 15) is 13.2 Å². The molecular weight excluding hydrogens is 338 g/mol. The molecule has 2 rings (SSSR count). The first-order chi connectivity index (χ1) is 10.8. The highest BCUT2D eigenvalue weighted by atomic mass is 32.2. The molecule has 2 N–H and O–H groups in total. The summed E-state index contributed by atoms with van der Waals surface area (Å²) in [5.41, 5.74) is 0.998. The van der Waals surface area contributed by atoms with E-state index in [1.807, 2.05) is 13.0 Å². The van der Waals surface area contributed by atoms with Crippen molar-refractivity contribution in [1.82, 2.24) is 4.98 Å². The topological polar surface area (TPSA) is 97.4 Å². The predicted molar refractivity (Wildman–Crippen MR) is 90.9 cm³/mol. The molecule has 0 fully saturated rings. The number of benzene rings is 1. The van der Waals surface area contributed by atoms with Gasteiger partial charge in [-0.25, -0.2) is 13.4 Å². The standard InChI is InChI=1S/C14H17N3O4S2/c1-4-21-11-8-6-5-7-10(11)16-13(18)12-9(2)15-14(22-12)17-23(3,19)20/h5-8H,4H2,1-3H3,(H,15,17)(H,16,18). The van der Waals surface area contributed by atoms with Crippen molar-refractivity contribution < 1.29 is 17.9 Å². The Labute approximate surface area is 138 Å². The van der Waals surface area contributed by atoms with Crippen LogP contribution in [-0.4, -0.2) is 32.2 Å². The third kappa shape index (κ3) is 4.67. The van der Waals surface area contributed by atoms with E-state index in [0.29, 0.717) is 28.6 Å². The van der Waals surface area contributed by atoms with Crippen molar-refractivity contribution in [2.24, 2.45) is 0 Å². The Morgan fingerprint density at radius 3 is 2.70 bits per heavy atom. The van der Waals surface area contributed by atoms with Gasteiger partial charge >= 0.3 is 0 Å². The summed E-state index contributed by atoms with van der Waals surface area (Å²) in [7, 11) is -3.43. The van der Waals surface area contributed by atoms with Crippen molar-refractivity contribution in [2.75, 3.05) is 22.9 Å². The van der Waals surface area contributed by atoms with Gasteiger partial charge in [0.05, 0.1) is 24.2 Å². The number of thiazole rings is 1. The summed E-state index contributed by atoms with van der Waals surface area (Å²) in [6.45, 7) is 3.98. The van der Waals surface area contributed by atoms with E-state index in [2.05, 4.69) is 15.0 Å². The number of para-hydroxylation sites is 2. The molecule has 0 aliphatic heterocycles.